The molecule has 2 aromatic heterocycles. The van der Waals surface area contributed by atoms with Gasteiger partial charge in [-0.25, -0.2) is 4.79 Å². The van der Waals surface area contributed by atoms with E-state index in [0.717, 1.165) is 0 Å². The molecule has 0 aliphatic carbocycles. The van der Waals surface area contributed by atoms with Gasteiger partial charge in [0, 0.05) is 5.56 Å². The fourth-order valence-electron chi connectivity index (χ4n) is 2.10. The number of ether oxygens (including phenoxy) is 1. The molecule has 118 valence electrons. The molecule has 0 amide bonds. The number of benzene rings is 1. The van der Waals surface area contributed by atoms with E-state index >= 15 is 0 Å². The molecule has 0 spiro atoms. The highest BCUT2D eigenvalue weighted by Gasteiger charge is 2.17. The summed E-state index contributed by atoms with van der Waals surface area (Å²) in [5.74, 6) is 1.18. The van der Waals surface area contributed by atoms with Crippen LogP contribution in [0.5, 0.6) is 0 Å². The number of esters is 1. The van der Waals surface area contributed by atoms with E-state index in [1.54, 1.807) is 32.0 Å². The molecular weight excluding hydrogens is 320 g/mol. The molecule has 0 saturated carbocycles. The number of nitrogens with zero attached hydrogens (tertiary/aromatic N) is 2. The van der Waals surface area contributed by atoms with Crippen molar-refractivity contribution in [2.24, 2.45) is 0 Å². The molecule has 0 unspecified atom stereocenters. The Labute approximate surface area is 137 Å². The molecule has 3 rings (SSSR count). The summed E-state index contributed by atoms with van der Waals surface area (Å²) in [7, 11) is 0. The standard InChI is InChI=1S/C16H13ClN2O4/c1-9-7-12(10(2)22-9)16(20)21-8-14-18-15(19-23-14)11-5-3-4-6-13(11)17/h3-7H,8H2,1-2H3. The van der Waals surface area contributed by atoms with Crippen molar-refractivity contribution in [1.82, 2.24) is 10.1 Å². The van der Waals surface area contributed by atoms with Gasteiger partial charge in [0.2, 0.25) is 5.82 Å². The Morgan fingerprint density at radius 2 is 2.09 bits per heavy atom. The van der Waals surface area contributed by atoms with Crippen molar-refractivity contribution >= 4 is 17.6 Å². The maximum absolute atomic E-state index is 12.0. The minimum atomic E-state index is -0.503. The van der Waals surface area contributed by atoms with Crippen LogP contribution in [0.2, 0.25) is 5.02 Å². The summed E-state index contributed by atoms with van der Waals surface area (Å²) in [5, 5.41) is 4.35. The Morgan fingerprint density at radius 1 is 1.30 bits per heavy atom. The summed E-state index contributed by atoms with van der Waals surface area (Å²) in [6.07, 6.45) is 0. The van der Waals surface area contributed by atoms with Gasteiger partial charge in [0.1, 0.15) is 17.1 Å². The third-order valence-electron chi connectivity index (χ3n) is 3.17. The Hall–Kier alpha value is -2.60. The fraction of sp³-hybridized carbons (Fsp3) is 0.188. The van der Waals surface area contributed by atoms with Gasteiger partial charge in [-0.2, -0.15) is 4.98 Å². The van der Waals surface area contributed by atoms with Gasteiger partial charge in [-0.15, -0.1) is 0 Å². The molecule has 3 aromatic rings. The van der Waals surface area contributed by atoms with Crippen LogP contribution in [-0.4, -0.2) is 16.1 Å². The molecule has 0 radical (unpaired) electrons. The first kappa shape index (κ1) is 15.3. The Balaban J connectivity index is 1.69. The fourth-order valence-corrected chi connectivity index (χ4v) is 2.32. The number of aromatic nitrogens is 2. The van der Waals surface area contributed by atoms with Gasteiger partial charge < -0.3 is 13.7 Å². The second-order valence-electron chi connectivity index (χ2n) is 4.89. The first-order chi connectivity index (χ1) is 11.0. The van der Waals surface area contributed by atoms with Crippen LogP contribution < -0.4 is 0 Å². The van der Waals surface area contributed by atoms with E-state index in [-0.39, 0.29) is 12.5 Å². The van der Waals surface area contributed by atoms with Crippen molar-refractivity contribution < 1.29 is 18.5 Å². The van der Waals surface area contributed by atoms with E-state index in [9.17, 15) is 4.79 Å². The van der Waals surface area contributed by atoms with Crippen molar-refractivity contribution in [3.05, 3.63) is 58.3 Å². The zero-order chi connectivity index (χ0) is 16.4. The van der Waals surface area contributed by atoms with Crippen LogP contribution in [0.3, 0.4) is 0 Å². The van der Waals surface area contributed by atoms with Crippen molar-refractivity contribution in [3.63, 3.8) is 0 Å². The lowest BCUT2D eigenvalue weighted by Gasteiger charge is -1.99. The van der Waals surface area contributed by atoms with Crippen LogP contribution in [-0.2, 0) is 11.3 Å². The zero-order valence-corrected chi connectivity index (χ0v) is 13.3. The summed E-state index contributed by atoms with van der Waals surface area (Å²) >= 11 is 6.08. The van der Waals surface area contributed by atoms with Gasteiger partial charge in [0.05, 0.1) is 5.02 Å². The van der Waals surface area contributed by atoms with Crippen molar-refractivity contribution in [2.75, 3.05) is 0 Å². The van der Waals surface area contributed by atoms with E-state index in [1.807, 2.05) is 12.1 Å². The highest BCUT2D eigenvalue weighted by Crippen LogP contribution is 2.25. The van der Waals surface area contributed by atoms with Crippen LogP contribution in [0.25, 0.3) is 11.4 Å². The zero-order valence-electron chi connectivity index (χ0n) is 12.5. The summed E-state index contributed by atoms with van der Waals surface area (Å²) in [6.45, 7) is 3.34. The smallest absolute Gasteiger partial charge is 0.342 e. The quantitative estimate of drug-likeness (QED) is 0.673. The third kappa shape index (κ3) is 3.27. The van der Waals surface area contributed by atoms with Crippen LogP contribution in [0.15, 0.2) is 39.3 Å². The largest absolute Gasteiger partial charge is 0.466 e. The lowest BCUT2D eigenvalue weighted by molar-refractivity contribution is 0.0428. The summed E-state index contributed by atoms with van der Waals surface area (Å²) in [4.78, 5) is 16.2. The van der Waals surface area contributed by atoms with E-state index in [2.05, 4.69) is 10.1 Å². The molecule has 0 N–H and O–H groups in total. The van der Waals surface area contributed by atoms with Gasteiger partial charge in [-0.1, -0.05) is 28.9 Å². The maximum Gasteiger partial charge on any atom is 0.342 e. The maximum atomic E-state index is 12.0. The average molecular weight is 333 g/mol. The molecule has 23 heavy (non-hydrogen) atoms. The summed E-state index contributed by atoms with van der Waals surface area (Å²) in [6, 6.07) is 8.77. The average Bonchev–Trinajstić information content (AvgIpc) is 3.12. The highest BCUT2D eigenvalue weighted by molar-refractivity contribution is 6.33. The lowest BCUT2D eigenvalue weighted by Crippen LogP contribution is -2.05. The monoisotopic (exact) mass is 332 g/mol. The minimum absolute atomic E-state index is 0.125. The number of hydrogen-bond donors (Lipinski definition) is 0. The molecule has 0 fully saturated rings. The molecule has 1 aromatic carbocycles. The Morgan fingerprint density at radius 3 is 2.78 bits per heavy atom. The SMILES string of the molecule is Cc1cc(C(=O)OCc2nc(-c3ccccc3Cl)no2)c(C)o1. The molecule has 0 aliphatic rings. The third-order valence-corrected chi connectivity index (χ3v) is 3.50. The first-order valence-electron chi connectivity index (χ1n) is 6.86. The minimum Gasteiger partial charge on any atom is -0.466 e. The first-order valence-corrected chi connectivity index (χ1v) is 7.24. The second kappa shape index (κ2) is 6.26. The van der Waals surface area contributed by atoms with Crippen LogP contribution in [0, 0.1) is 13.8 Å². The molecule has 7 heteroatoms. The molecule has 6 nitrogen and oxygen atoms in total. The van der Waals surface area contributed by atoms with E-state index in [1.165, 1.54) is 0 Å². The normalized spacial score (nSPS) is 10.7. The van der Waals surface area contributed by atoms with Crippen molar-refractivity contribution in [3.8, 4) is 11.4 Å². The van der Waals surface area contributed by atoms with Crippen LogP contribution in [0.4, 0.5) is 0 Å². The van der Waals surface area contributed by atoms with Crippen molar-refractivity contribution in [2.45, 2.75) is 20.5 Å². The predicted octanol–water partition coefficient (Wildman–Crippen LogP) is 3.96. The lowest BCUT2D eigenvalue weighted by atomic mass is 10.2. The van der Waals surface area contributed by atoms with Gasteiger partial charge >= 0.3 is 5.97 Å². The Kier molecular flexibility index (Phi) is 4.16. The van der Waals surface area contributed by atoms with Crippen LogP contribution >= 0.6 is 11.6 Å². The van der Waals surface area contributed by atoms with Gasteiger partial charge in [-0.05, 0) is 32.0 Å². The van der Waals surface area contributed by atoms with Crippen molar-refractivity contribution in [1.29, 1.82) is 0 Å². The topological polar surface area (TPSA) is 78.4 Å². The summed E-state index contributed by atoms with van der Waals surface area (Å²) in [5.41, 5.74) is 1.03. The number of aryl methyl sites for hydroxylation is 2. The van der Waals surface area contributed by atoms with E-state index in [0.29, 0.717) is 33.5 Å². The molecule has 2 heterocycles. The van der Waals surface area contributed by atoms with E-state index in [4.69, 9.17) is 25.3 Å². The van der Waals surface area contributed by atoms with Gasteiger partial charge in [0.25, 0.3) is 5.89 Å². The number of carbonyl (C=O) groups excluding carboxylic acids is 1. The molecular formula is C16H13ClN2O4. The summed E-state index contributed by atoms with van der Waals surface area (Å²) < 4.78 is 15.5. The molecule has 0 saturated heterocycles. The predicted molar refractivity (Wildman–Crippen MR) is 82.0 cm³/mol. The van der Waals surface area contributed by atoms with E-state index < -0.39 is 5.97 Å². The molecule has 0 atom stereocenters. The Bertz CT molecular complexity index is 853. The van der Waals surface area contributed by atoms with Crippen LogP contribution in [0.1, 0.15) is 27.8 Å². The number of carbonyl (C=O) groups is 1. The number of rotatable bonds is 4. The molecule has 0 aliphatic heterocycles. The molecule has 0 bridgehead atoms. The second-order valence-corrected chi connectivity index (χ2v) is 5.30. The van der Waals surface area contributed by atoms with Gasteiger partial charge in [0.15, 0.2) is 6.61 Å². The number of hydrogen-bond acceptors (Lipinski definition) is 6. The van der Waals surface area contributed by atoms with Gasteiger partial charge in [-0.3, -0.25) is 0 Å². The number of halogens is 1. The number of furan rings is 1. The highest BCUT2D eigenvalue weighted by atomic mass is 35.5.